The fourth-order valence-corrected chi connectivity index (χ4v) is 1.74. The minimum absolute atomic E-state index is 0.103. The lowest BCUT2D eigenvalue weighted by molar-refractivity contribution is 0.0469. The highest BCUT2D eigenvalue weighted by atomic mass is 16.5. The van der Waals surface area contributed by atoms with Crippen LogP contribution in [0.5, 0.6) is 11.6 Å². The Balaban J connectivity index is 2.10. The summed E-state index contributed by atoms with van der Waals surface area (Å²) in [5, 5.41) is 9.68. The van der Waals surface area contributed by atoms with Crippen molar-refractivity contribution in [3.05, 3.63) is 47.7 Å². The molecule has 0 fully saturated rings. The zero-order valence-electron chi connectivity index (χ0n) is 10.8. The number of esters is 1. The number of aryl methyl sites for hydroxylation is 1. The fourth-order valence-electron chi connectivity index (χ4n) is 1.74. The number of carbonyl (C=O) groups excluding carboxylic acids is 1. The Morgan fingerprint density at radius 1 is 1.32 bits per heavy atom. The Hall–Kier alpha value is -2.43. The molecule has 2 rings (SSSR count). The van der Waals surface area contributed by atoms with E-state index in [1.165, 1.54) is 17.9 Å². The number of hydrogen-bond acceptors (Lipinski definition) is 4. The van der Waals surface area contributed by atoms with Crippen LogP contribution >= 0.6 is 0 Å². The van der Waals surface area contributed by atoms with Crippen LogP contribution in [0.15, 0.2) is 36.5 Å². The fraction of sp³-hybridized carbons (Fsp3) is 0.214. The summed E-state index contributed by atoms with van der Waals surface area (Å²) in [6, 6.07) is 9.37. The SMILES string of the molecule is COc1c(C(=O)OCc2ccccc2)cn(C)c1O. The number of aromatic nitrogens is 1. The lowest BCUT2D eigenvalue weighted by Gasteiger charge is -2.05. The molecule has 1 aromatic carbocycles. The van der Waals surface area contributed by atoms with Crippen LogP contribution in [0.3, 0.4) is 0 Å². The molecule has 0 saturated heterocycles. The van der Waals surface area contributed by atoms with E-state index >= 15 is 0 Å². The average molecular weight is 261 g/mol. The minimum Gasteiger partial charge on any atom is -0.492 e. The van der Waals surface area contributed by atoms with Gasteiger partial charge in [-0.05, 0) is 5.56 Å². The van der Waals surface area contributed by atoms with Crippen molar-refractivity contribution in [2.24, 2.45) is 7.05 Å². The number of carbonyl (C=O) groups is 1. The second-order valence-corrected chi connectivity index (χ2v) is 4.07. The average Bonchev–Trinajstić information content (AvgIpc) is 2.73. The van der Waals surface area contributed by atoms with Crippen LogP contribution in [0, 0.1) is 0 Å². The predicted molar refractivity (Wildman–Crippen MR) is 69.2 cm³/mol. The van der Waals surface area contributed by atoms with Gasteiger partial charge in [0.1, 0.15) is 12.2 Å². The molecule has 1 heterocycles. The maximum Gasteiger partial charge on any atom is 0.343 e. The third kappa shape index (κ3) is 2.70. The molecule has 5 heteroatoms. The first-order valence-corrected chi connectivity index (χ1v) is 5.76. The number of nitrogens with zero attached hydrogens (tertiary/aromatic N) is 1. The lowest BCUT2D eigenvalue weighted by atomic mass is 10.2. The highest BCUT2D eigenvalue weighted by Gasteiger charge is 2.21. The zero-order chi connectivity index (χ0) is 13.8. The first kappa shape index (κ1) is 13.0. The van der Waals surface area contributed by atoms with Crippen molar-refractivity contribution in [3.63, 3.8) is 0 Å². The van der Waals surface area contributed by atoms with Crippen molar-refractivity contribution >= 4 is 5.97 Å². The Labute approximate surface area is 111 Å². The molecule has 1 N–H and O–H groups in total. The van der Waals surface area contributed by atoms with Gasteiger partial charge < -0.3 is 19.1 Å². The molecule has 0 amide bonds. The molecular formula is C14H15NO4. The maximum atomic E-state index is 11.9. The van der Waals surface area contributed by atoms with E-state index in [9.17, 15) is 9.90 Å². The monoisotopic (exact) mass is 261 g/mol. The summed E-state index contributed by atoms with van der Waals surface area (Å²) in [6.07, 6.45) is 1.47. The molecule has 100 valence electrons. The molecule has 0 aliphatic carbocycles. The highest BCUT2D eigenvalue weighted by molar-refractivity contribution is 5.93. The van der Waals surface area contributed by atoms with Gasteiger partial charge in [0.25, 0.3) is 0 Å². The number of benzene rings is 1. The van der Waals surface area contributed by atoms with E-state index in [4.69, 9.17) is 9.47 Å². The van der Waals surface area contributed by atoms with Crippen molar-refractivity contribution in [2.75, 3.05) is 7.11 Å². The summed E-state index contributed by atoms with van der Waals surface area (Å²) in [4.78, 5) is 11.9. The van der Waals surface area contributed by atoms with Crippen LogP contribution < -0.4 is 4.74 Å². The van der Waals surface area contributed by atoms with Crippen LogP contribution in [0.25, 0.3) is 0 Å². The van der Waals surface area contributed by atoms with Gasteiger partial charge in [-0.3, -0.25) is 0 Å². The molecule has 0 bridgehead atoms. The Morgan fingerprint density at radius 3 is 2.63 bits per heavy atom. The van der Waals surface area contributed by atoms with Crippen LogP contribution in [0.4, 0.5) is 0 Å². The van der Waals surface area contributed by atoms with E-state index in [-0.39, 0.29) is 23.8 Å². The van der Waals surface area contributed by atoms with Crippen molar-refractivity contribution in [1.29, 1.82) is 0 Å². The van der Waals surface area contributed by atoms with Gasteiger partial charge in [0.2, 0.25) is 5.88 Å². The summed E-state index contributed by atoms with van der Waals surface area (Å²) in [5.41, 5.74) is 1.11. The molecule has 2 aromatic rings. The van der Waals surface area contributed by atoms with E-state index in [2.05, 4.69) is 0 Å². The topological polar surface area (TPSA) is 60.7 Å². The molecular weight excluding hydrogens is 246 g/mol. The number of hydrogen-bond donors (Lipinski definition) is 1. The Kier molecular flexibility index (Phi) is 3.75. The van der Waals surface area contributed by atoms with E-state index in [0.29, 0.717) is 0 Å². The molecule has 0 aliphatic rings. The van der Waals surface area contributed by atoms with E-state index in [1.54, 1.807) is 7.05 Å². The molecule has 0 unspecified atom stereocenters. The minimum atomic E-state index is -0.531. The summed E-state index contributed by atoms with van der Waals surface area (Å²) < 4.78 is 11.6. The van der Waals surface area contributed by atoms with Gasteiger partial charge in [-0.1, -0.05) is 30.3 Å². The first-order chi connectivity index (χ1) is 9.13. The Morgan fingerprint density at radius 2 is 2.00 bits per heavy atom. The number of rotatable bonds is 4. The summed E-state index contributed by atoms with van der Waals surface area (Å²) in [5.74, 6) is -0.508. The second kappa shape index (κ2) is 5.48. The third-order valence-electron chi connectivity index (χ3n) is 2.74. The summed E-state index contributed by atoms with van der Waals surface area (Å²) in [7, 11) is 3.01. The van der Waals surface area contributed by atoms with E-state index in [0.717, 1.165) is 5.56 Å². The van der Waals surface area contributed by atoms with Gasteiger partial charge in [-0.2, -0.15) is 0 Å². The highest BCUT2D eigenvalue weighted by Crippen LogP contribution is 2.31. The van der Waals surface area contributed by atoms with Crippen molar-refractivity contribution in [3.8, 4) is 11.6 Å². The summed E-state index contributed by atoms with van der Waals surface area (Å²) >= 11 is 0. The first-order valence-electron chi connectivity index (χ1n) is 5.76. The van der Waals surface area contributed by atoms with Crippen molar-refractivity contribution in [2.45, 2.75) is 6.61 Å². The predicted octanol–water partition coefficient (Wildman–Crippen LogP) is 2.10. The molecule has 1 aromatic heterocycles. The number of aromatic hydroxyl groups is 1. The van der Waals surface area contributed by atoms with E-state index in [1.807, 2.05) is 30.3 Å². The molecule has 19 heavy (non-hydrogen) atoms. The van der Waals surface area contributed by atoms with Gasteiger partial charge in [0, 0.05) is 13.2 Å². The number of methoxy groups -OCH3 is 1. The molecule has 0 atom stereocenters. The van der Waals surface area contributed by atoms with Gasteiger partial charge in [-0.25, -0.2) is 4.79 Å². The van der Waals surface area contributed by atoms with Gasteiger partial charge in [0.05, 0.1) is 7.11 Å². The van der Waals surface area contributed by atoms with Gasteiger partial charge in [-0.15, -0.1) is 0 Å². The second-order valence-electron chi connectivity index (χ2n) is 4.07. The third-order valence-corrected chi connectivity index (χ3v) is 2.74. The van der Waals surface area contributed by atoms with Gasteiger partial charge in [0.15, 0.2) is 5.75 Å². The van der Waals surface area contributed by atoms with Crippen LogP contribution in [0.1, 0.15) is 15.9 Å². The molecule has 0 saturated carbocycles. The largest absolute Gasteiger partial charge is 0.492 e. The van der Waals surface area contributed by atoms with Gasteiger partial charge >= 0.3 is 5.97 Å². The van der Waals surface area contributed by atoms with Crippen molar-refractivity contribution < 1.29 is 19.4 Å². The molecule has 0 radical (unpaired) electrons. The number of ether oxygens (including phenoxy) is 2. The molecule has 0 spiro atoms. The molecule has 0 aliphatic heterocycles. The smallest absolute Gasteiger partial charge is 0.343 e. The zero-order valence-corrected chi connectivity index (χ0v) is 10.8. The molecule has 5 nitrogen and oxygen atoms in total. The standard InChI is InChI=1S/C14H15NO4/c1-15-8-11(12(18-2)13(15)16)14(17)19-9-10-6-4-3-5-7-10/h3-8,16H,9H2,1-2H3. The van der Waals surface area contributed by atoms with Crippen LogP contribution in [0.2, 0.25) is 0 Å². The maximum absolute atomic E-state index is 11.9. The Bertz CT molecular complexity index is 575. The summed E-state index contributed by atoms with van der Waals surface area (Å²) in [6.45, 7) is 0.179. The quantitative estimate of drug-likeness (QED) is 0.856. The van der Waals surface area contributed by atoms with E-state index < -0.39 is 5.97 Å². The lowest BCUT2D eigenvalue weighted by Crippen LogP contribution is -2.05. The normalized spacial score (nSPS) is 10.2. The van der Waals surface area contributed by atoms with Crippen molar-refractivity contribution in [1.82, 2.24) is 4.57 Å². The van der Waals surface area contributed by atoms with Crippen LogP contribution in [-0.4, -0.2) is 22.8 Å². The van der Waals surface area contributed by atoms with Crippen LogP contribution in [-0.2, 0) is 18.4 Å².